The summed E-state index contributed by atoms with van der Waals surface area (Å²) in [6.45, 7) is 2.57. The van der Waals surface area contributed by atoms with Crippen LogP contribution in [0.3, 0.4) is 0 Å². The molecule has 6 heteroatoms. The van der Waals surface area contributed by atoms with Crippen molar-refractivity contribution in [3.8, 4) is 0 Å². The van der Waals surface area contributed by atoms with Crippen LogP contribution in [0.4, 0.5) is 5.00 Å². The molecule has 1 amide bonds. The fourth-order valence-corrected chi connectivity index (χ4v) is 4.38. The molecule has 0 radical (unpaired) electrons. The van der Waals surface area contributed by atoms with Crippen LogP contribution < -0.4 is 5.32 Å². The average molecular weight is 309 g/mol. The van der Waals surface area contributed by atoms with E-state index in [9.17, 15) is 14.7 Å². The molecular weight excluding hydrogens is 290 g/mol. The van der Waals surface area contributed by atoms with Crippen molar-refractivity contribution >= 4 is 28.2 Å². The Morgan fingerprint density at radius 3 is 2.76 bits per heavy atom. The summed E-state index contributed by atoms with van der Waals surface area (Å²) in [4.78, 5) is 24.9. The van der Waals surface area contributed by atoms with Gasteiger partial charge in [0, 0.05) is 11.5 Å². The van der Waals surface area contributed by atoms with E-state index in [0.717, 1.165) is 42.5 Å². The van der Waals surface area contributed by atoms with Gasteiger partial charge in [-0.25, -0.2) is 4.79 Å². The summed E-state index contributed by atoms with van der Waals surface area (Å²) in [5.41, 5.74) is 1.20. The molecule has 2 atom stereocenters. The molecule has 2 heterocycles. The molecule has 2 aliphatic rings. The maximum atomic E-state index is 12.3. The van der Waals surface area contributed by atoms with Crippen molar-refractivity contribution in [1.29, 1.82) is 0 Å². The Morgan fingerprint density at radius 2 is 2.10 bits per heavy atom. The molecule has 5 nitrogen and oxygen atoms in total. The lowest BCUT2D eigenvalue weighted by molar-refractivity contribution is -0.126. The smallest absolute Gasteiger partial charge is 0.339 e. The molecule has 2 N–H and O–H groups in total. The zero-order chi connectivity index (χ0) is 15.0. The van der Waals surface area contributed by atoms with Gasteiger partial charge in [-0.1, -0.05) is 6.92 Å². The second-order valence-corrected chi connectivity index (χ2v) is 6.87. The van der Waals surface area contributed by atoms with E-state index in [2.05, 4.69) is 5.32 Å². The van der Waals surface area contributed by atoms with E-state index in [-0.39, 0.29) is 17.4 Å². The summed E-state index contributed by atoms with van der Waals surface area (Å²) in [6, 6.07) is 0. The molecule has 1 aliphatic heterocycles. The van der Waals surface area contributed by atoms with Crippen LogP contribution in [0.1, 0.15) is 47.0 Å². The van der Waals surface area contributed by atoms with Crippen LogP contribution in [0.15, 0.2) is 0 Å². The van der Waals surface area contributed by atoms with E-state index in [0.29, 0.717) is 11.6 Å². The predicted molar refractivity (Wildman–Crippen MR) is 80.1 cm³/mol. The number of carboxylic acid groups (broad SMARTS) is 1. The summed E-state index contributed by atoms with van der Waals surface area (Å²) in [5, 5.41) is 12.7. The monoisotopic (exact) mass is 309 g/mol. The Hall–Kier alpha value is -1.40. The Morgan fingerprint density at radius 1 is 1.33 bits per heavy atom. The molecule has 1 aliphatic carbocycles. The minimum Gasteiger partial charge on any atom is -0.478 e. The van der Waals surface area contributed by atoms with Crippen molar-refractivity contribution < 1.29 is 19.4 Å². The first kappa shape index (κ1) is 14.5. The predicted octanol–water partition coefficient (Wildman–Crippen LogP) is 2.69. The Bertz CT molecular complexity index is 580. The van der Waals surface area contributed by atoms with Crippen LogP contribution in [0.5, 0.6) is 0 Å². The zero-order valence-electron chi connectivity index (χ0n) is 12.0. The number of rotatable bonds is 3. The third kappa shape index (κ3) is 2.70. The summed E-state index contributed by atoms with van der Waals surface area (Å²) >= 11 is 1.41. The van der Waals surface area contributed by atoms with Gasteiger partial charge in [0.05, 0.1) is 5.56 Å². The van der Waals surface area contributed by atoms with Crippen molar-refractivity contribution in [3.05, 3.63) is 16.0 Å². The fourth-order valence-electron chi connectivity index (χ4n) is 3.09. The van der Waals surface area contributed by atoms with Crippen LogP contribution in [-0.2, 0) is 22.4 Å². The van der Waals surface area contributed by atoms with Crippen molar-refractivity contribution in [2.24, 2.45) is 5.92 Å². The van der Waals surface area contributed by atoms with Crippen molar-refractivity contribution in [3.63, 3.8) is 0 Å². The number of hydrogen-bond donors (Lipinski definition) is 2. The van der Waals surface area contributed by atoms with Crippen molar-refractivity contribution in [1.82, 2.24) is 0 Å². The number of fused-ring (bicyclic) bond motifs is 1. The molecule has 0 saturated carbocycles. The van der Waals surface area contributed by atoms with Gasteiger partial charge in [0.2, 0.25) is 0 Å². The van der Waals surface area contributed by atoms with Gasteiger partial charge in [0.15, 0.2) is 0 Å². The number of anilines is 1. The van der Waals surface area contributed by atoms with Gasteiger partial charge in [-0.05, 0) is 43.6 Å². The van der Waals surface area contributed by atoms with Crippen LogP contribution >= 0.6 is 11.3 Å². The topological polar surface area (TPSA) is 75.6 Å². The largest absolute Gasteiger partial charge is 0.478 e. The molecule has 21 heavy (non-hydrogen) atoms. The van der Waals surface area contributed by atoms with E-state index in [1.807, 2.05) is 6.92 Å². The van der Waals surface area contributed by atoms with Gasteiger partial charge in [-0.3, -0.25) is 4.79 Å². The molecule has 1 aromatic heterocycles. The number of ether oxygens (including phenoxy) is 1. The summed E-state index contributed by atoms with van der Waals surface area (Å²) in [6.07, 6.45) is 4.20. The highest BCUT2D eigenvalue weighted by Crippen LogP contribution is 2.38. The first-order chi connectivity index (χ1) is 10.1. The quantitative estimate of drug-likeness (QED) is 0.900. The molecule has 1 fully saturated rings. The standard InChI is InChI=1S/C15H19NO4S/c1-8-6-7-20-12(8)13(17)16-14-11(15(18)19)9-4-2-3-5-10(9)21-14/h8,12H,2-7H2,1H3,(H,16,17)(H,18,19). The average Bonchev–Trinajstić information content (AvgIpc) is 3.01. The Balaban J connectivity index is 1.86. The SMILES string of the molecule is CC1CCOC1C(=O)Nc1sc2c(c1C(=O)O)CCCC2. The second kappa shape index (κ2) is 5.77. The van der Waals surface area contributed by atoms with Gasteiger partial charge >= 0.3 is 5.97 Å². The normalized spacial score (nSPS) is 24.6. The van der Waals surface area contributed by atoms with E-state index in [4.69, 9.17) is 4.74 Å². The first-order valence-corrected chi connectivity index (χ1v) is 8.20. The number of carboxylic acids is 1. The number of carbonyl (C=O) groups is 2. The highest BCUT2D eigenvalue weighted by atomic mass is 32.1. The van der Waals surface area contributed by atoms with Gasteiger partial charge < -0.3 is 15.2 Å². The molecule has 0 bridgehead atoms. The van der Waals surface area contributed by atoms with Gasteiger partial charge in [-0.15, -0.1) is 11.3 Å². The molecule has 1 saturated heterocycles. The highest BCUT2D eigenvalue weighted by molar-refractivity contribution is 7.17. The molecule has 0 aromatic carbocycles. The summed E-state index contributed by atoms with van der Waals surface area (Å²) < 4.78 is 5.45. The Labute approximate surface area is 127 Å². The Kier molecular flexibility index (Phi) is 3.99. The second-order valence-electron chi connectivity index (χ2n) is 5.77. The highest BCUT2D eigenvalue weighted by Gasteiger charge is 2.33. The number of aromatic carboxylic acids is 1. The van der Waals surface area contributed by atoms with E-state index >= 15 is 0 Å². The maximum Gasteiger partial charge on any atom is 0.339 e. The first-order valence-electron chi connectivity index (χ1n) is 7.38. The van der Waals surface area contributed by atoms with Crippen LogP contribution in [-0.4, -0.2) is 29.7 Å². The summed E-state index contributed by atoms with van der Waals surface area (Å²) in [5.74, 6) is -1.00. The molecular formula is C15H19NO4S. The number of hydrogen-bond acceptors (Lipinski definition) is 4. The van der Waals surface area contributed by atoms with Crippen LogP contribution in [0.25, 0.3) is 0 Å². The van der Waals surface area contributed by atoms with Crippen molar-refractivity contribution in [2.45, 2.75) is 45.1 Å². The minimum absolute atomic E-state index is 0.174. The third-order valence-corrected chi connectivity index (χ3v) is 5.47. The number of aryl methyl sites for hydroxylation is 1. The fraction of sp³-hybridized carbons (Fsp3) is 0.600. The van der Waals surface area contributed by atoms with Crippen LogP contribution in [0, 0.1) is 5.92 Å². The molecule has 3 rings (SSSR count). The molecule has 2 unspecified atom stereocenters. The number of carbonyl (C=O) groups excluding carboxylic acids is 1. The lowest BCUT2D eigenvalue weighted by Crippen LogP contribution is -2.31. The zero-order valence-corrected chi connectivity index (χ0v) is 12.8. The molecule has 0 spiro atoms. The lowest BCUT2D eigenvalue weighted by atomic mass is 9.95. The van der Waals surface area contributed by atoms with Crippen LogP contribution in [0.2, 0.25) is 0 Å². The number of nitrogens with one attached hydrogen (secondary N) is 1. The third-order valence-electron chi connectivity index (χ3n) is 4.27. The summed E-state index contributed by atoms with van der Waals surface area (Å²) in [7, 11) is 0. The van der Waals surface area contributed by atoms with Crippen molar-refractivity contribution in [2.75, 3.05) is 11.9 Å². The van der Waals surface area contributed by atoms with Gasteiger partial charge in [-0.2, -0.15) is 0 Å². The van der Waals surface area contributed by atoms with E-state index < -0.39 is 12.1 Å². The lowest BCUT2D eigenvalue weighted by Gasteiger charge is -2.14. The maximum absolute atomic E-state index is 12.3. The van der Waals surface area contributed by atoms with Gasteiger partial charge in [0.25, 0.3) is 5.91 Å². The number of thiophene rings is 1. The van der Waals surface area contributed by atoms with E-state index in [1.54, 1.807) is 0 Å². The minimum atomic E-state index is -0.954. The molecule has 114 valence electrons. The van der Waals surface area contributed by atoms with E-state index in [1.165, 1.54) is 11.3 Å². The van der Waals surface area contributed by atoms with Gasteiger partial charge in [0.1, 0.15) is 11.1 Å². The number of amides is 1. The molecule has 1 aromatic rings.